The lowest BCUT2D eigenvalue weighted by Crippen LogP contribution is -2.46. The van der Waals surface area contributed by atoms with Crippen molar-refractivity contribution in [3.8, 4) is 0 Å². The number of carbonyl (C=O) groups excluding carboxylic acids is 1. The van der Waals surface area contributed by atoms with Gasteiger partial charge in [0.15, 0.2) is 0 Å². The summed E-state index contributed by atoms with van der Waals surface area (Å²) in [5.41, 5.74) is 6.06. The zero-order valence-electron chi connectivity index (χ0n) is 10.4. The molecule has 1 fully saturated rings. The molecule has 4 nitrogen and oxygen atoms in total. The van der Waals surface area contributed by atoms with Gasteiger partial charge in [0.2, 0.25) is 0 Å². The first-order valence-electron chi connectivity index (χ1n) is 6.17. The van der Waals surface area contributed by atoms with Gasteiger partial charge in [-0.05, 0) is 44.5 Å². The number of benzene rings is 1. The third-order valence-electron chi connectivity index (χ3n) is 3.35. The van der Waals surface area contributed by atoms with Crippen LogP contribution < -0.4 is 16.4 Å². The first-order chi connectivity index (χ1) is 8.58. The van der Waals surface area contributed by atoms with Crippen LogP contribution in [0.2, 0.25) is 0 Å². The number of nitrogens with two attached hydrogens (primary N) is 1. The third-order valence-corrected chi connectivity index (χ3v) is 3.35. The summed E-state index contributed by atoms with van der Waals surface area (Å²) in [5, 5.41) is 6.64. The lowest BCUT2D eigenvalue weighted by atomic mass is 9.99. The van der Waals surface area contributed by atoms with Gasteiger partial charge >= 0.3 is 0 Å². The Bertz CT molecular complexity index is 450. The molecule has 1 aromatic carbocycles. The summed E-state index contributed by atoms with van der Waals surface area (Å²) in [6.45, 7) is 3.09. The van der Waals surface area contributed by atoms with E-state index >= 15 is 0 Å². The molecule has 2 atom stereocenters. The highest BCUT2D eigenvalue weighted by molar-refractivity contribution is 5.98. The Morgan fingerprint density at radius 2 is 2.33 bits per heavy atom. The fourth-order valence-electron chi connectivity index (χ4n) is 2.29. The zero-order chi connectivity index (χ0) is 13.1. The van der Waals surface area contributed by atoms with Crippen LogP contribution in [-0.4, -0.2) is 24.5 Å². The minimum atomic E-state index is -0.617. The maximum absolute atomic E-state index is 13.1. The molecule has 1 aromatic rings. The molecule has 1 heterocycles. The van der Waals surface area contributed by atoms with E-state index in [1.807, 2.05) is 0 Å². The van der Waals surface area contributed by atoms with Gasteiger partial charge in [0.25, 0.3) is 5.91 Å². The van der Waals surface area contributed by atoms with E-state index in [1.54, 1.807) is 6.07 Å². The van der Waals surface area contributed by atoms with Gasteiger partial charge in [-0.2, -0.15) is 0 Å². The van der Waals surface area contributed by atoms with E-state index in [4.69, 9.17) is 5.73 Å². The van der Waals surface area contributed by atoms with Crippen LogP contribution in [0.3, 0.4) is 0 Å². The Morgan fingerprint density at radius 1 is 1.56 bits per heavy atom. The number of hydrogen-bond donors (Lipinski definition) is 3. The lowest BCUT2D eigenvalue weighted by molar-refractivity contribution is 0.100. The summed E-state index contributed by atoms with van der Waals surface area (Å²) >= 11 is 0. The summed E-state index contributed by atoms with van der Waals surface area (Å²) in [5.74, 6) is -1.07. The maximum atomic E-state index is 13.1. The molecule has 5 heteroatoms. The standard InChI is InChI=1S/C13H18FN3O/c1-8-11(3-2-6-16-8)17-12-5-4-9(14)7-10(12)13(15)18/h4-5,7-8,11,16-17H,2-3,6H2,1H3,(H2,15,18). The van der Waals surface area contributed by atoms with Gasteiger partial charge in [-0.25, -0.2) is 4.39 Å². The molecule has 1 saturated heterocycles. The summed E-state index contributed by atoms with van der Waals surface area (Å²) < 4.78 is 13.1. The Labute approximate surface area is 106 Å². The van der Waals surface area contributed by atoms with Crippen LogP contribution in [0, 0.1) is 5.82 Å². The van der Waals surface area contributed by atoms with Crippen LogP contribution in [0.5, 0.6) is 0 Å². The van der Waals surface area contributed by atoms with E-state index in [9.17, 15) is 9.18 Å². The van der Waals surface area contributed by atoms with Crippen molar-refractivity contribution in [2.45, 2.75) is 31.8 Å². The number of primary amides is 1. The van der Waals surface area contributed by atoms with Gasteiger partial charge < -0.3 is 16.4 Å². The smallest absolute Gasteiger partial charge is 0.250 e. The lowest BCUT2D eigenvalue weighted by Gasteiger charge is -2.31. The molecular formula is C13H18FN3O. The highest BCUT2D eigenvalue weighted by Gasteiger charge is 2.22. The van der Waals surface area contributed by atoms with E-state index < -0.39 is 11.7 Å². The quantitative estimate of drug-likeness (QED) is 0.762. The van der Waals surface area contributed by atoms with Crippen LogP contribution in [0.15, 0.2) is 18.2 Å². The van der Waals surface area contributed by atoms with Gasteiger partial charge in [0.1, 0.15) is 5.82 Å². The molecule has 0 aliphatic carbocycles. The second-order valence-electron chi connectivity index (χ2n) is 4.69. The Kier molecular flexibility index (Phi) is 3.81. The Balaban J connectivity index is 2.20. The largest absolute Gasteiger partial charge is 0.380 e. The molecule has 98 valence electrons. The van der Waals surface area contributed by atoms with Gasteiger partial charge in [0, 0.05) is 17.8 Å². The number of piperidine rings is 1. The molecular weight excluding hydrogens is 233 g/mol. The molecule has 0 aromatic heterocycles. The number of rotatable bonds is 3. The fraction of sp³-hybridized carbons (Fsp3) is 0.462. The molecule has 4 N–H and O–H groups in total. The highest BCUT2D eigenvalue weighted by atomic mass is 19.1. The number of amides is 1. The molecule has 2 rings (SSSR count). The topological polar surface area (TPSA) is 67.2 Å². The number of hydrogen-bond acceptors (Lipinski definition) is 3. The average Bonchev–Trinajstić information content (AvgIpc) is 2.34. The van der Waals surface area contributed by atoms with E-state index in [2.05, 4.69) is 17.6 Å². The van der Waals surface area contributed by atoms with Crippen molar-refractivity contribution < 1.29 is 9.18 Å². The fourth-order valence-corrected chi connectivity index (χ4v) is 2.29. The van der Waals surface area contributed by atoms with Crippen LogP contribution >= 0.6 is 0 Å². The summed E-state index contributed by atoms with van der Waals surface area (Å²) in [6.07, 6.45) is 2.10. The Morgan fingerprint density at radius 3 is 3.00 bits per heavy atom. The average molecular weight is 251 g/mol. The first-order valence-corrected chi connectivity index (χ1v) is 6.17. The SMILES string of the molecule is CC1NCCCC1Nc1ccc(F)cc1C(N)=O. The molecule has 0 spiro atoms. The Hall–Kier alpha value is -1.62. The van der Waals surface area contributed by atoms with Crippen LogP contribution in [0.4, 0.5) is 10.1 Å². The summed E-state index contributed by atoms with van der Waals surface area (Å²) in [6, 6.07) is 4.60. The van der Waals surface area contributed by atoms with E-state index in [-0.39, 0.29) is 11.6 Å². The molecule has 1 amide bonds. The number of nitrogens with one attached hydrogen (secondary N) is 2. The van der Waals surface area contributed by atoms with Crippen molar-refractivity contribution in [3.05, 3.63) is 29.6 Å². The normalized spacial score (nSPS) is 23.7. The molecule has 1 aliphatic heterocycles. The molecule has 2 unspecified atom stereocenters. The minimum absolute atomic E-state index is 0.202. The van der Waals surface area contributed by atoms with Crippen molar-refractivity contribution >= 4 is 11.6 Å². The van der Waals surface area contributed by atoms with Crippen LogP contribution in [-0.2, 0) is 0 Å². The molecule has 0 radical (unpaired) electrons. The van der Waals surface area contributed by atoms with E-state index in [0.29, 0.717) is 11.7 Å². The van der Waals surface area contributed by atoms with Gasteiger partial charge in [-0.3, -0.25) is 4.79 Å². The molecule has 0 bridgehead atoms. The van der Waals surface area contributed by atoms with Gasteiger partial charge in [0.05, 0.1) is 5.56 Å². The van der Waals surface area contributed by atoms with Gasteiger partial charge in [-0.15, -0.1) is 0 Å². The second-order valence-corrected chi connectivity index (χ2v) is 4.69. The maximum Gasteiger partial charge on any atom is 0.250 e. The van der Waals surface area contributed by atoms with Crippen molar-refractivity contribution in [3.63, 3.8) is 0 Å². The second kappa shape index (κ2) is 5.35. The molecule has 18 heavy (non-hydrogen) atoms. The van der Waals surface area contributed by atoms with Crippen molar-refractivity contribution in [2.24, 2.45) is 5.73 Å². The molecule has 1 aliphatic rings. The highest BCUT2D eigenvalue weighted by Crippen LogP contribution is 2.21. The monoisotopic (exact) mass is 251 g/mol. The van der Waals surface area contributed by atoms with Crippen LogP contribution in [0.25, 0.3) is 0 Å². The van der Waals surface area contributed by atoms with E-state index in [0.717, 1.165) is 19.4 Å². The summed E-state index contributed by atoms with van der Waals surface area (Å²) in [4.78, 5) is 11.3. The number of halogens is 1. The first kappa shape index (κ1) is 12.8. The van der Waals surface area contributed by atoms with Crippen molar-refractivity contribution in [2.75, 3.05) is 11.9 Å². The third kappa shape index (κ3) is 2.79. The predicted octanol–water partition coefficient (Wildman–Crippen LogP) is 1.48. The van der Waals surface area contributed by atoms with Crippen molar-refractivity contribution in [1.82, 2.24) is 5.32 Å². The number of carbonyl (C=O) groups is 1. The van der Waals surface area contributed by atoms with Crippen molar-refractivity contribution in [1.29, 1.82) is 0 Å². The van der Waals surface area contributed by atoms with Gasteiger partial charge in [-0.1, -0.05) is 0 Å². The predicted molar refractivity (Wildman–Crippen MR) is 69.0 cm³/mol. The number of anilines is 1. The van der Waals surface area contributed by atoms with Crippen LogP contribution in [0.1, 0.15) is 30.1 Å². The minimum Gasteiger partial charge on any atom is -0.380 e. The molecule has 0 saturated carbocycles. The van der Waals surface area contributed by atoms with E-state index in [1.165, 1.54) is 12.1 Å². The zero-order valence-corrected chi connectivity index (χ0v) is 10.4. The summed E-state index contributed by atoms with van der Waals surface area (Å²) in [7, 11) is 0.